The lowest BCUT2D eigenvalue weighted by molar-refractivity contribution is 0.296. The highest BCUT2D eigenvalue weighted by molar-refractivity contribution is 6.34. The number of anilines is 1. The number of benzene rings is 1. The van der Waals surface area contributed by atoms with Gasteiger partial charge in [0, 0.05) is 17.1 Å². The topological polar surface area (TPSA) is 95.4 Å². The standard InChI is InChI=1S/C23H18ClN7/c24-16-10-13-7-8-18(17-6-1-2-9-26-17)29-19(13)11-15(16)21-20-22(25)27-12-28-23(20)31(30-21)14-4-3-5-14/h1-2,6-12,14H,3-5H2,(H2,25,27,28). The first-order chi connectivity index (χ1) is 15.2. The monoisotopic (exact) mass is 427 g/mol. The van der Waals surface area contributed by atoms with Gasteiger partial charge in [0.1, 0.15) is 17.8 Å². The summed E-state index contributed by atoms with van der Waals surface area (Å²) in [7, 11) is 0. The number of pyridine rings is 2. The first-order valence-electron chi connectivity index (χ1n) is 10.2. The van der Waals surface area contributed by atoms with E-state index in [1.165, 1.54) is 12.7 Å². The molecule has 4 heterocycles. The zero-order valence-corrected chi connectivity index (χ0v) is 17.3. The maximum Gasteiger partial charge on any atom is 0.164 e. The van der Waals surface area contributed by atoms with Gasteiger partial charge in [0.05, 0.1) is 33.4 Å². The minimum absolute atomic E-state index is 0.332. The summed E-state index contributed by atoms with van der Waals surface area (Å²) in [6.45, 7) is 0. The predicted octanol–water partition coefficient (Wildman–Crippen LogP) is 5.06. The van der Waals surface area contributed by atoms with E-state index in [-0.39, 0.29) is 0 Å². The molecule has 1 aromatic carbocycles. The lowest BCUT2D eigenvalue weighted by atomic mass is 9.93. The third kappa shape index (κ3) is 2.92. The Morgan fingerprint density at radius 1 is 1.00 bits per heavy atom. The van der Waals surface area contributed by atoms with Crippen molar-refractivity contribution in [2.45, 2.75) is 25.3 Å². The molecule has 0 radical (unpaired) electrons. The lowest BCUT2D eigenvalue weighted by Crippen LogP contribution is -2.18. The number of aromatic nitrogens is 6. The number of nitrogens with two attached hydrogens (primary N) is 1. The second-order valence-corrected chi connectivity index (χ2v) is 8.18. The Bertz CT molecular complexity index is 1440. The molecule has 1 fully saturated rings. The second-order valence-electron chi connectivity index (χ2n) is 7.77. The fourth-order valence-corrected chi connectivity index (χ4v) is 4.31. The molecule has 0 atom stereocenters. The van der Waals surface area contributed by atoms with Crippen molar-refractivity contribution in [2.24, 2.45) is 0 Å². The maximum atomic E-state index is 6.71. The van der Waals surface area contributed by atoms with Crippen LogP contribution in [0.4, 0.5) is 5.82 Å². The zero-order valence-electron chi connectivity index (χ0n) is 16.5. The molecule has 152 valence electrons. The Kier molecular flexibility index (Phi) is 4.11. The van der Waals surface area contributed by atoms with E-state index in [4.69, 9.17) is 27.4 Å². The number of nitrogen functional groups attached to an aromatic ring is 1. The molecule has 1 aliphatic rings. The van der Waals surface area contributed by atoms with Crippen LogP contribution in [0, 0.1) is 0 Å². The molecule has 0 amide bonds. The van der Waals surface area contributed by atoms with Crippen molar-refractivity contribution in [1.29, 1.82) is 0 Å². The van der Waals surface area contributed by atoms with Crippen LogP contribution in [0.3, 0.4) is 0 Å². The summed E-state index contributed by atoms with van der Waals surface area (Å²) < 4.78 is 1.98. The van der Waals surface area contributed by atoms with E-state index in [2.05, 4.69) is 15.0 Å². The van der Waals surface area contributed by atoms with Crippen molar-refractivity contribution in [3.8, 4) is 22.6 Å². The summed E-state index contributed by atoms with van der Waals surface area (Å²) in [6, 6.07) is 13.9. The number of rotatable bonds is 3. The Hall–Kier alpha value is -3.58. The Morgan fingerprint density at radius 3 is 2.68 bits per heavy atom. The van der Waals surface area contributed by atoms with E-state index in [0.29, 0.717) is 22.6 Å². The average molecular weight is 428 g/mol. The van der Waals surface area contributed by atoms with Crippen LogP contribution >= 0.6 is 11.6 Å². The second kappa shape index (κ2) is 6.99. The fraction of sp³-hybridized carbons (Fsp3) is 0.174. The molecule has 0 saturated heterocycles. The van der Waals surface area contributed by atoms with Crippen molar-refractivity contribution in [3.05, 3.63) is 60.0 Å². The van der Waals surface area contributed by atoms with E-state index in [1.54, 1.807) is 6.20 Å². The quantitative estimate of drug-likeness (QED) is 0.432. The van der Waals surface area contributed by atoms with Gasteiger partial charge in [0.15, 0.2) is 5.65 Å². The van der Waals surface area contributed by atoms with E-state index in [9.17, 15) is 0 Å². The van der Waals surface area contributed by atoms with Crippen LogP contribution in [0.15, 0.2) is 55.0 Å². The highest BCUT2D eigenvalue weighted by Gasteiger charge is 2.27. The molecule has 31 heavy (non-hydrogen) atoms. The van der Waals surface area contributed by atoms with Gasteiger partial charge in [-0.25, -0.2) is 19.6 Å². The van der Waals surface area contributed by atoms with Crippen LogP contribution in [-0.2, 0) is 0 Å². The molecule has 1 saturated carbocycles. The van der Waals surface area contributed by atoms with E-state index < -0.39 is 0 Å². The Labute approximate surface area is 182 Å². The summed E-state index contributed by atoms with van der Waals surface area (Å²) in [5, 5.41) is 7.16. The molecule has 7 nitrogen and oxygen atoms in total. The van der Waals surface area contributed by atoms with Gasteiger partial charge in [0.25, 0.3) is 0 Å². The van der Waals surface area contributed by atoms with Gasteiger partial charge in [-0.05, 0) is 49.6 Å². The van der Waals surface area contributed by atoms with Crippen LogP contribution in [0.5, 0.6) is 0 Å². The number of nitrogens with zero attached hydrogens (tertiary/aromatic N) is 6. The largest absolute Gasteiger partial charge is 0.383 e. The molecule has 0 aliphatic heterocycles. The molecular weight excluding hydrogens is 410 g/mol. The SMILES string of the molecule is Nc1ncnc2c1c(-c1cc3nc(-c4ccccn4)ccc3cc1Cl)nn2C1CCC1. The lowest BCUT2D eigenvalue weighted by Gasteiger charge is -2.25. The van der Waals surface area contributed by atoms with E-state index in [1.807, 2.05) is 47.1 Å². The normalized spacial score (nSPS) is 14.2. The number of halogens is 1. The van der Waals surface area contributed by atoms with Crippen molar-refractivity contribution in [1.82, 2.24) is 29.7 Å². The van der Waals surface area contributed by atoms with Gasteiger partial charge < -0.3 is 5.73 Å². The maximum absolute atomic E-state index is 6.71. The third-order valence-electron chi connectivity index (χ3n) is 5.90. The summed E-state index contributed by atoms with van der Waals surface area (Å²) in [5.41, 5.74) is 10.9. The van der Waals surface area contributed by atoms with Crippen LogP contribution in [0.2, 0.25) is 5.02 Å². The number of hydrogen-bond donors (Lipinski definition) is 1. The fourth-order valence-electron chi connectivity index (χ4n) is 4.05. The van der Waals surface area contributed by atoms with Crippen LogP contribution in [0.25, 0.3) is 44.6 Å². The van der Waals surface area contributed by atoms with E-state index >= 15 is 0 Å². The molecule has 0 bridgehead atoms. The summed E-state index contributed by atoms with van der Waals surface area (Å²) in [6.07, 6.45) is 6.61. The van der Waals surface area contributed by atoms with Crippen LogP contribution in [-0.4, -0.2) is 29.7 Å². The van der Waals surface area contributed by atoms with Gasteiger partial charge in [-0.15, -0.1) is 0 Å². The van der Waals surface area contributed by atoms with Crippen molar-refractivity contribution in [2.75, 3.05) is 5.73 Å². The molecule has 2 N–H and O–H groups in total. The zero-order chi connectivity index (χ0) is 20.9. The molecule has 6 rings (SSSR count). The van der Waals surface area contributed by atoms with Gasteiger partial charge in [-0.3, -0.25) is 4.98 Å². The highest BCUT2D eigenvalue weighted by Crippen LogP contribution is 2.40. The highest BCUT2D eigenvalue weighted by atomic mass is 35.5. The summed E-state index contributed by atoms with van der Waals surface area (Å²) >= 11 is 6.71. The van der Waals surface area contributed by atoms with Crippen LogP contribution < -0.4 is 5.73 Å². The molecule has 4 aromatic heterocycles. The molecule has 5 aromatic rings. The minimum atomic E-state index is 0.332. The van der Waals surface area contributed by atoms with Crippen LogP contribution in [0.1, 0.15) is 25.3 Å². The average Bonchev–Trinajstić information content (AvgIpc) is 3.12. The molecule has 8 heteroatoms. The first kappa shape index (κ1) is 18.2. The van der Waals surface area contributed by atoms with Crippen molar-refractivity contribution in [3.63, 3.8) is 0 Å². The minimum Gasteiger partial charge on any atom is -0.383 e. The van der Waals surface area contributed by atoms with Gasteiger partial charge in [-0.2, -0.15) is 5.10 Å². The number of fused-ring (bicyclic) bond motifs is 2. The Balaban J connectivity index is 1.57. The third-order valence-corrected chi connectivity index (χ3v) is 6.21. The van der Waals surface area contributed by atoms with Crippen molar-refractivity contribution < 1.29 is 0 Å². The van der Waals surface area contributed by atoms with E-state index in [0.717, 1.165) is 51.7 Å². The molecule has 0 unspecified atom stereocenters. The van der Waals surface area contributed by atoms with Crippen molar-refractivity contribution >= 4 is 39.4 Å². The summed E-state index contributed by atoms with van der Waals surface area (Å²) in [4.78, 5) is 17.9. The number of hydrogen-bond acceptors (Lipinski definition) is 6. The smallest absolute Gasteiger partial charge is 0.164 e. The summed E-state index contributed by atoms with van der Waals surface area (Å²) in [5.74, 6) is 0.400. The van der Waals surface area contributed by atoms with Gasteiger partial charge in [-0.1, -0.05) is 23.7 Å². The molecule has 1 aliphatic carbocycles. The molecule has 0 spiro atoms. The Morgan fingerprint density at radius 2 is 1.90 bits per heavy atom. The predicted molar refractivity (Wildman–Crippen MR) is 122 cm³/mol. The molecular formula is C23H18ClN7. The van der Waals surface area contributed by atoms with Gasteiger partial charge >= 0.3 is 0 Å². The van der Waals surface area contributed by atoms with Gasteiger partial charge in [0.2, 0.25) is 0 Å². The first-order valence-corrected chi connectivity index (χ1v) is 10.6.